The Morgan fingerprint density at radius 2 is 1.92 bits per heavy atom. The number of nitrogens with zero attached hydrogens (tertiary/aromatic N) is 4. The maximum Gasteiger partial charge on any atom is 0.224 e. The molecule has 2 aromatic heterocycles. The van der Waals surface area contributed by atoms with Crippen LogP contribution in [0.3, 0.4) is 0 Å². The van der Waals surface area contributed by atoms with Crippen LogP contribution in [0.4, 0.5) is 5.95 Å². The Balaban J connectivity index is 1.73. The first-order chi connectivity index (χ1) is 12.7. The lowest BCUT2D eigenvalue weighted by atomic mass is 9.86. The molecule has 1 fully saturated rings. The van der Waals surface area contributed by atoms with Crippen LogP contribution in [0.15, 0.2) is 36.5 Å². The molecule has 0 bridgehead atoms. The minimum atomic E-state index is 0.364. The molecule has 0 radical (unpaired) electrons. The number of nitrogens with one attached hydrogen (secondary N) is 1. The van der Waals surface area contributed by atoms with E-state index in [-0.39, 0.29) is 0 Å². The van der Waals surface area contributed by atoms with Gasteiger partial charge in [-0.05, 0) is 38.5 Å². The van der Waals surface area contributed by atoms with Crippen LogP contribution in [-0.2, 0) is 6.54 Å². The fourth-order valence-electron chi connectivity index (χ4n) is 3.75. The Morgan fingerprint density at radius 3 is 2.65 bits per heavy atom. The summed E-state index contributed by atoms with van der Waals surface area (Å²) in [7, 11) is 0. The van der Waals surface area contributed by atoms with Crippen LogP contribution >= 0.6 is 0 Å². The molecule has 0 amide bonds. The van der Waals surface area contributed by atoms with Gasteiger partial charge < -0.3 is 11.1 Å². The molecule has 136 valence electrons. The zero-order valence-electron chi connectivity index (χ0n) is 15.2. The summed E-state index contributed by atoms with van der Waals surface area (Å²) in [5.74, 6) is 1.27. The van der Waals surface area contributed by atoms with Gasteiger partial charge in [0.1, 0.15) is 5.69 Å². The number of nitrogens with two attached hydrogens (primary N) is 1. The van der Waals surface area contributed by atoms with E-state index in [1.54, 1.807) is 0 Å². The van der Waals surface area contributed by atoms with Crippen LogP contribution in [0.5, 0.6) is 0 Å². The summed E-state index contributed by atoms with van der Waals surface area (Å²) < 4.78 is 2.07. The molecule has 0 spiro atoms. The first-order valence-electron chi connectivity index (χ1n) is 9.53. The highest BCUT2D eigenvalue weighted by Crippen LogP contribution is 2.30. The zero-order valence-corrected chi connectivity index (χ0v) is 15.2. The van der Waals surface area contributed by atoms with E-state index in [9.17, 15) is 0 Å². The van der Waals surface area contributed by atoms with Crippen molar-refractivity contribution in [2.24, 2.45) is 11.7 Å². The molecule has 0 aliphatic heterocycles. The van der Waals surface area contributed by atoms with Gasteiger partial charge in [-0.2, -0.15) is 10.1 Å². The third-order valence-electron chi connectivity index (χ3n) is 5.19. The monoisotopic (exact) mass is 350 g/mol. The van der Waals surface area contributed by atoms with E-state index in [0.717, 1.165) is 61.1 Å². The van der Waals surface area contributed by atoms with E-state index >= 15 is 0 Å². The van der Waals surface area contributed by atoms with Gasteiger partial charge >= 0.3 is 0 Å². The summed E-state index contributed by atoms with van der Waals surface area (Å²) in [6.45, 7) is 3.73. The molecule has 6 nitrogen and oxygen atoms in total. The molecule has 1 aliphatic rings. The van der Waals surface area contributed by atoms with Gasteiger partial charge in [0.15, 0.2) is 5.65 Å². The molecule has 0 saturated heterocycles. The first kappa shape index (κ1) is 17.0. The number of hydrogen-bond donors (Lipinski definition) is 2. The minimum Gasteiger partial charge on any atom is -0.354 e. The third kappa shape index (κ3) is 3.42. The fourth-order valence-corrected chi connectivity index (χ4v) is 3.75. The molecule has 4 rings (SSSR count). The van der Waals surface area contributed by atoms with Gasteiger partial charge in [-0.1, -0.05) is 30.3 Å². The van der Waals surface area contributed by atoms with Gasteiger partial charge in [-0.15, -0.1) is 0 Å². The molecule has 26 heavy (non-hydrogen) atoms. The van der Waals surface area contributed by atoms with Crippen molar-refractivity contribution in [3.05, 3.63) is 36.5 Å². The lowest BCUT2D eigenvalue weighted by Crippen LogP contribution is -2.28. The summed E-state index contributed by atoms with van der Waals surface area (Å²) in [5, 5.41) is 9.14. The smallest absolute Gasteiger partial charge is 0.224 e. The molecule has 0 atom stereocenters. The third-order valence-corrected chi connectivity index (χ3v) is 5.19. The summed E-state index contributed by atoms with van der Waals surface area (Å²) in [4.78, 5) is 9.21. The number of hydrogen-bond acceptors (Lipinski definition) is 5. The van der Waals surface area contributed by atoms with Crippen LogP contribution in [0, 0.1) is 5.92 Å². The molecule has 1 aromatic carbocycles. The molecule has 3 aromatic rings. The van der Waals surface area contributed by atoms with Crippen molar-refractivity contribution in [2.75, 3.05) is 11.9 Å². The van der Waals surface area contributed by atoms with Gasteiger partial charge in [-0.25, -0.2) is 9.67 Å². The van der Waals surface area contributed by atoms with Crippen molar-refractivity contribution in [1.82, 2.24) is 19.7 Å². The number of aromatic nitrogens is 4. The highest BCUT2D eigenvalue weighted by atomic mass is 15.3. The van der Waals surface area contributed by atoms with Crippen molar-refractivity contribution < 1.29 is 0 Å². The second-order valence-electron chi connectivity index (χ2n) is 7.14. The molecule has 0 unspecified atom stereocenters. The summed E-state index contributed by atoms with van der Waals surface area (Å²) in [5.41, 5.74) is 9.02. The number of anilines is 1. The van der Waals surface area contributed by atoms with E-state index in [2.05, 4.69) is 27.1 Å². The van der Waals surface area contributed by atoms with Crippen LogP contribution in [0.1, 0.15) is 32.6 Å². The normalized spacial score (nSPS) is 20.4. The van der Waals surface area contributed by atoms with Gasteiger partial charge in [-0.3, -0.25) is 0 Å². The Kier molecular flexibility index (Phi) is 4.84. The molecule has 1 saturated carbocycles. The quantitative estimate of drug-likeness (QED) is 0.736. The predicted octanol–water partition coefficient (Wildman–Crippen LogP) is 3.44. The van der Waals surface area contributed by atoms with Crippen molar-refractivity contribution in [3.63, 3.8) is 0 Å². The first-order valence-corrected chi connectivity index (χ1v) is 9.53. The Hall–Kier alpha value is -2.47. The molecule has 3 N–H and O–H groups in total. The maximum absolute atomic E-state index is 6.06. The van der Waals surface area contributed by atoms with E-state index in [1.165, 1.54) is 0 Å². The van der Waals surface area contributed by atoms with E-state index < -0.39 is 0 Å². The van der Waals surface area contributed by atoms with Crippen molar-refractivity contribution >= 4 is 17.0 Å². The lowest BCUT2D eigenvalue weighted by Gasteiger charge is -2.25. The van der Waals surface area contributed by atoms with Gasteiger partial charge in [0.2, 0.25) is 5.95 Å². The summed E-state index contributed by atoms with van der Waals surface area (Å²) in [6.07, 6.45) is 6.42. The second kappa shape index (κ2) is 7.41. The standard InChI is InChI=1S/C20H26N6/c1-2-22-20-23-12-17-18(15-6-4-3-5-7-15)25-26(19(17)24-20)13-14-8-10-16(21)11-9-14/h3-7,12,14,16H,2,8-11,13,21H2,1H3,(H,22,23,24). The number of benzene rings is 1. The maximum atomic E-state index is 6.06. The van der Waals surface area contributed by atoms with Crippen LogP contribution in [0.2, 0.25) is 0 Å². The van der Waals surface area contributed by atoms with Crippen molar-refractivity contribution in [3.8, 4) is 11.3 Å². The minimum absolute atomic E-state index is 0.364. The van der Waals surface area contributed by atoms with Crippen LogP contribution in [0.25, 0.3) is 22.3 Å². The topological polar surface area (TPSA) is 81.7 Å². The highest BCUT2D eigenvalue weighted by molar-refractivity contribution is 5.91. The molecule has 6 heteroatoms. The van der Waals surface area contributed by atoms with Crippen molar-refractivity contribution in [1.29, 1.82) is 0 Å². The van der Waals surface area contributed by atoms with E-state index in [0.29, 0.717) is 17.9 Å². The predicted molar refractivity (Wildman–Crippen MR) is 105 cm³/mol. The highest BCUT2D eigenvalue weighted by Gasteiger charge is 2.22. The van der Waals surface area contributed by atoms with E-state index in [4.69, 9.17) is 15.8 Å². The molecular formula is C20H26N6. The molecule has 2 heterocycles. The average Bonchev–Trinajstić information content (AvgIpc) is 3.02. The Morgan fingerprint density at radius 1 is 1.15 bits per heavy atom. The Bertz CT molecular complexity index is 865. The van der Waals surface area contributed by atoms with Crippen LogP contribution < -0.4 is 11.1 Å². The Labute approximate surface area is 153 Å². The van der Waals surface area contributed by atoms with Gasteiger partial charge in [0, 0.05) is 30.9 Å². The fraction of sp³-hybridized carbons (Fsp3) is 0.450. The lowest BCUT2D eigenvalue weighted by molar-refractivity contribution is 0.288. The van der Waals surface area contributed by atoms with E-state index in [1.807, 2.05) is 31.3 Å². The molecular weight excluding hydrogens is 324 g/mol. The van der Waals surface area contributed by atoms with Gasteiger partial charge in [0.05, 0.1) is 5.39 Å². The second-order valence-corrected chi connectivity index (χ2v) is 7.14. The van der Waals surface area contributed by atoms with Gasteiger partial charge in [0.25, 0.3) is 0 Å². The molecule has 1 aliphatic carbocycles. The number of rotatable bonds is 5. The summed E-state index contributed by atoms with van der Waals surface area (Å²) in [6, 6.07) is 10.6. The number of fused-ring (bicyclic) bond motifs is 1. The largest absolute Gasteiger partial charge is 0.354 e. The zero-order chi connectivity index (χ0) is 17.9. The SMILES string of the molecule is CCNc1ncc2c(-c3ccccc3)nn(CC3CCC(N)CC3)c2n1. The van der Waals surface area contributed by atoms with Crippen LogP contribution in [-0.4, -0.2) is 32.3 Å². The van der Waals surface area contributed by atoms with Crippen molar-refractivity contribution in [2.45, 2.75) is 45.2 Å². The summed E-state index contributed by atoms with van der Waals surface area (Å²) >= 11 is 0. The average molecular weight is 350 g/mol.